The number of halogens is 1. The Morgan fingerprint density at radius 1 is 1.44 bits per heavy atom. The van der Waals surface area contributed by atoms with E-state index in [0.717, 1.165) is 17.2 Å². The summed E-state index contributed by atoms with van der Waals surface area (Å²) in [4.78, 5) is 12.2. The predicted octanol–water partition coefficient (Wildman–Crippen LogP) is 3.15. The van der Waals surface area contributed by atoms with Gasteiger partial charge in [0.25, 0.3) is 0 Å². The second-order valence-electron chi connectivity index (χ2n) is 3.19. The molecule has 0 radical (unpaired) electrons. The van der Waals surface area contributed by atoms with E-state index in [2.05, 4.69) is 27.2 Å². The van der Waals surface area contributed by atoms with Gasteiger partial charge in [-0.15, -0.1) is 11.3 Å². The van der Waals surface area contributed by atoms with Crippen molar-refractivity contribution in [2.24, 2.45) is 0 Å². The average Bonchev–Trinajstić information content (AvgIpc) is 2.79. The molecular formula is C10H11ClN4S. The highest BCUT2D eigenvalue weighted by Gasteiger charge is 2.12. The maximum absolute atomic E-state index is 5.72. The molecule has 0 spiro atoms. The van der Waals surface area contributed by atoms with E-state index in [9.17, 15) is 0 Å². The number of nitrogens with zero attached hydrogens (tertiary/aromatic N) is 3. The SMILES string of the molecule is CCC(Nc1ccnc(Cl)n1)c1nccs1. The van der Waals surface area contributed by atoms with Gasteiger partial charge in [0, 0.05) is 17.8 Å². The van der Waals surface area contributed by atoms with E-state index in [1.165, 1.54) is 0 Å². The van der Waals surface area contributed by atoms with Crippen LogP contribution in [0.1, 0.15) is 24.4 Å². The molecule has 2 aromatic heterocycles. The first-order chi connectivity index (χ1) is 7.79. The van der Waals surface area contributed by atoms with Crippen LogP contribution in [0, 0.1) is 0 Å². The molecule has 0 aliphatic heterocycles. The fourth-order valence-electron chi connectivity index (χ4n) is 1.34. The molecule has 1 unspecified atom stereocenters. The number of nitrogens with one attached hydrogen (secondary N) is 1. The third-order valence-corrected chi connectivity index (χ3v) is 3.18. The summed E-state index contributed by atoms with van der Waals surface area (Å²) in [5.74, 6) is 0.724. The van der Waals surface area contributed by atoms with Crippen LogP contribution in [-0.4, -0.2) is 15.0 Å². The molecule has 6 heteroatoms. The summed E-state index contributed by atoms with van der Waals surface area (Å²) in [6.07, 6.45) is 4.37. The Hall–Kier alpha value is -1.20. The van der Waals surface area contributed by atoms with Crippen LogP contribution in [0.2, 0.25) is 5.28 Å². The van der Waals surface area contributed by atoms with Crippen molar-refractivity contribution in [1.82, 2.24) is 15.0 Å². The zero-order valence-corrected chi connectivity index (χ0v) is 10.3. The van der Waals surface area contributed by atoms with E-state index >= 15 is 0 Å². The van der Waals surface area contributed by atoms with Gasteiger partial charge in [-0.1, -0.05) is 6.92 Å². The van der Waals surface area contributed by atoms with Crippen molar-refractivity contribution in [2.75, 3.05) is 5.32 Å². The number of hydrogen-bond acceptors (Lipinski definition) is 5. The van der Waals surface area contributed by atoms with Crippen LogP contribution in [0.4, 0.5) is 5.82 Å². The molecule has 2 rings (SSSR count). The molecule has 0 bridgehead atoms. The van der Waals surface area contributed by atoms with E-state index in [1.807, 2.05) is 5.38 Å². The lowest BCUT2D eigenvalue weighted by Gasteiger charge is -2.14. The van der Waals surface area contributed by atoms with Gasteiger partial charge in [0.2, 0.25) is 5.28 Å². The lowest BCUT2D eigenvalue weighted by molar-refractivity contribution is 0.737. The first-order valence-corrected chi connectivity index (χ1v) is 6.20. The minimum absolute atomic E-state index is 0.172. The summed E-state index contributed by atoms with van der Waals surface area (Å²) in [7, 11) is 0. The first-order valence-electron chi connectivity index (χ1n) is 4.94. The Balaban J connectivity index is 2.13. The van der Waals surface area contributed by atoms with E-state index in [4.69, 9.17) is 11.6 Å². The molecular weight excluding hydrogens is 244 g/mol. The van der Waals surface area contributed by atoms with Crippen molar-refractivity contribution in [3.8, 4) is 0 Å². The van der Waals surface area contributed by atoms with Crippen molar-refractivity contribution in [2.45, 2.75) is 19.4 Å². The molecule has 0 aliphatic carbocycles. The average molecular weight is 255 g/mol. The minimum Gasteiger partial charge on any atom is -0.361 e. The number of hydrogen-bond donors (Lipinski definition) is 1. The van der Waals surface area contributed by atoms with Gasteiger partial charge in [-0.3, -0.25) is 0 Å². The molecule has 0 saturated heterocycles. The van der Waals surface area contributed by atoms with E-state index in [1.54, 1.807) is 29.8 Å². The maximum atomic E-state index is 5.72. The third kappa shape index (κ3) is 2.68. The second-order valence-corrected chi connectivity index (χ2v) is 4.45. The second kappa shape index (κ2) is 5.23. The van der Waals surface area contributed by atoms with Gasteiger partial charge >= 0.3 is 0 Å². The van der Waals surface area contributed by atoms with E-state index in [0.29, 0.717) is 0 Å². The first kappa shape index (κ1) is 11.3. The topological polar surface area (TPSA) is 50.7 Å². The molecule has 0 aliphatic rings. The highest BCUT2D eigenvalue weighted by atomic mass is 35.5. The summed E-state index contributed by atoms with van der Waals surface area (Å²) >= 11 is 7.35. The normalized spacial score (nSPS) is 12.4. The lowest BCUT2D eigenvalue weighted by atomic mass is 10.2. The molecule has 2 heterocycles. The van der Waals surface area contributed by atoms with Crippen LogP contribution in [0.25, 0.3) is 0 Å². The van der Waals surface area contributed by atoms with Crippen molar-refractivity contribution in [3.63, 3.8) is 0 Å². The van der Waals surface area contributed by atoms with Gasteiger partial charge in [-0.05, 0) is 24.1 Å². The van der Waals surface area contributed by atoms with Crippen LogP contribution in [0.3, 0.4) is 0 Å². The summed E-state index contributed by atoms with van der Waals surface area (Å²) in [6.45, 7) is 2.10. The minimum atomic E-state index is 0.172. The Morgan fingerprint density at radius 3 is 2.94 bits per heavy atom. The van der Waals surface area contributed by atoms with Crippen molar-refractivity contribution >= 4 is 28.8 Å². The van der Waals surface area contributed by atoms with Gasteiger partial charge in [-0.25, -0.2) is 15.0 Å². The van der Waals surface area contributed by atoms with Gasteiger partial charge in [0.1, 0.15) is 10.8 Å². The Kier molecular flexibility index (Phi) is 3.69. The van der Waals surface area contributed by atoms with Crippen LogP contribution in [-0.2, 0) is 0 Å². The fourth-order valence-corrected chi connectivity index (χ4v) is 2.26. The summed E-state index contributed by atoms with van der Waals surface area (Å²) in [5, 5.41) is 6.55. The molecule has 1 N–H and O–H groups in total. The third-order valence-electron chi connectivity index (χ3n) is 2.11. The fraction of sp³-hybridized carbons (Fsp3) is 0.300. The van der Waals surface area contributed by atoms with Crippen LogP contribution in [0.5, 0.6) is 0 Å². The smallest absolute Gasteiger partial charge is 0.224 e. The number of thiazole rings is 1. The van der Waals surface area contributed by atoms with Crippen LogP contribution < -0.4 is 5.32 Å². The molecule has 0 amide bonds. The highest BCUT2D eigenvalue weighted by molar-refractivity contribution is 7.09. The zero-order valence-electron chi connectivity index (χ0n) is 8.72. The van der Waals surface area contributed by atoms with Crippen molar-refractivity contribution in [1.29, 1.82) is 0 Å². The summed E-state index contributed by atoms with van der Waals surface area (Å²) < 4.78 is 0. The van der Waals surface area contributed by atoms with E-state index in [-0.39, 0.29) is 11.3 Å². The quantitative estimate of drug-likeness (QED) is 0.852. The van der Waals surface area contributed by atoms with Crippen molar-refractivity contribution < 1.29 is 0 Å². The van der Waals surface area contributed by atoms with Gasteiger partial charge < -0.3 is 5.32 Å². The number of rotatable bonds is 4. The van der Waals surface area contributed by atoms with Crippen LogP contribution in [0.15, 0.2) is 23.8 Å². The lowest BCUT2D eigenvalue weighted by Crippen LogP contribution is -2.10. The standard InChI is InChI=1S/C10H11ClN4S/c1-2-7(9-12-5-6-16-9)14-8-3-4-13-10(11)15-8/h3-7H,2H2,1H3,(H,13,14,15). The van der Waals surface area contributed by atoms with Gasteiger partial charge in [0.15, 0.2) is 0 Å². The molecule has 0 saturated carbocycles. The molecule has 2 aromatic rings. The number of anilines is 1. The number of aromatic nitrogens is 3. The molecule has 84 valence electrons. The molecule has 16 heavy (non-hydrogen) atoms. The molecule has 1 atom stereocenters. The van der Waals surface area contributed by atoms with Gasteiger partial charge in [0.05, 0.1) is 6.04 Å². The summed E-state index contributed by atoms with van der Waals surface area (Å²) in [5.41, 5.74) is 0. The Morgan fingerprint density at radius 2 is 2.31 bits per heavy atom. The maximum Gasteiger partial charge on any atom is 0.224 e. The Bertz CT molecular complexity index is 446. The summed E-state index contributed by atoms with van der Waals surface area (Å²) in [6, 6.07) is 1.97. The van der Waals surface area contributed by atoms with Gasteiger partial charge in [-0.2, -0.15) is 0 Å². The monoisotopic (exact) mass is 254 g/mol. The highest BCUT2D eigenvalue weighted by Crippen LogP contribution is 2.23. The Labute approximate surface area is 103 Å². The van der Waals surface area contributed by atoms with Crippen LogP contribution >= 0.6 is 22.9 Å². The molecule has 0 aromatic carbocycles. The zero-order chi connectivity index (χ0) is 11.4. The van der Waals surface area contributed by atoms with Crippen molar-refractivity contribution in [3.05, 3.63) is 34.1 Å². The predicted molar refractivity (Wildman–Crippen MR) is 65.8 cm³/mol. The van der Waals surface area contributed by atoms with E-state index < -0.39 is 0 Å². The molecule has 4 nitrogen and oxygen atoms in total. The largest absolute Gasteiger partial charge is 0.361 e. The molecule has 0 fully saturated rings.